The molecule has 3 nitrogen and oxygen atoms in total. The summed E-state index contributed by atoms with van der Waals surface area (Å²) in [6.07, 6.45) is 3.42. The number of rotatable bonds is 4. The molecule has 2 rings (SSSR count). The van der Waals surface area contributed by atoms with Gasteiger partial charge in [-0.25, -0.2) is 0 Å². The van der Waals surface area contributed by atoms with Crippen LogP contribution in [0.1, 0.15) is 18.6 Å². The Hall–Kier alpha value is -1.51. The Labute approximate surface area is 88.7 Å². The molecule has 0 bridgehead atoms. The van der Waals surface area contributed by atoms with E-state index in [1.165, 1.54) is 0 Å². The van der Waals surface area contributed by atoms with Crippen molar-refractivity contribution in [2.24, 2.45) is 11.8 Å². The van der Waals surface area contributed by atoms with E-state index in [0.29, 0.717) is 6.61 Å². The van der Waals surface area contributed by atoms with Crippen molar-refractivity contribution >= 4 is 5.97 Å². The number of hydrogen-bond acceptors (Lipinski definition) is 3. The standard InChI is InChI=1S/C12H14O3/c1-3-8-10(9-6-5-7-15-9)11(8)12(13)14-4-2/h3,5-8,10-11H,1,4H2,2H3/t8-,10-,11+/m1/s1. The summed E-state index contributed by atoms with van der Waals surface area (Å²) in [5.74, 6) is 0.877. The van der Waals surface area contributed by atoms with Gasteiger partial charge in [0.1, 0.15) is 5.76 Å². The minimum Gasteiger partial charge on any atom is -0.469 e. The van der Waals surface area contributed by atoms with E-state index in [9.17, 15) is 4.79 Å². The summed E-state index contributed by atoms with van der Waals surface area (Å²) >= 11 is 0. The van der Waals surface area contributed by atoms with E-state index < -0.39 is 0 Å². The second kappa shape index (κ2) is 3.93. The van der Waals surface area contributed by atoms with Crippen molar-refractivity contribution in [2.45, 2.75) is 12.8 Å². The molecule has 1 aliphatic rings. The molecule has 0 N–H and O–H groups in total. The summed E-state index contributed by atoms with van der Waals surface area (Å²) in [7, 11) is 0. The molecule has 0 spiro atoms. The fourth-order valence-electron chi connectivity index (χ4n) is 2.02. The van der Waals surface area contributed by atoms with Gasteiger partial charge in [0.15, 0.2) is 0 Å². The van der Waals surface area contributed by atoms with Gasteiger partial charge < -0.3 is 9.15 Å². The molecule has 1 aromatic heterocycles. The third-order valence-electron chi connectivity index (χ3n) is 2.78. The molecule has 0 unspecified atom stereocenters. The highest BCUT2D eigenvalue weighted by atomic mass is 16.5. The van der Waals surface area contributed by atoms with Crippen molar-refractivity contribution in [1.29, 1.82) is 0 Å². The van der Waals surface area contributed by atoms with Crippen molar-refractivity contribution in [3.8, 4) is 0 Å². The average Bonchev–Trinajstić information content (AvgIpc) is 2.72. The predicted octanol–water partition coefficient (Wildman–Crippen LogP) is 2.36. The first-order valence-corrected chi connectivity index (χ1v) is 5.12. The summed E-state index contributed by atoms with van der Waals surface area (Å²) in [6, 6.07) is 3.72. The topological polar surface area (TPSA) is 39.4 Å². The molecule has 0 saturated heterocycles. The second-order valence-electron chi connectivity index (χ2n) is 3.63. The normalized spacial score (nSPS) is 28.5. The summed E-state index contributed by atoms with van der Waals surface area (Å²) in [5.41, 5.74) is 0. The number of ether oxygens (including phenoxy) is 1. The molecule has 1 heterocycles. The summed E-state index contributed by atoms with van der Waals surface area (Å²) in [4.78, 5) is 11.6. The molecule has 3 heteroatoms. The minimum absolute atomic E-state index is 0.103. The van der Waals surface area contributed by atoms with Crippen LogP contribution < -0.4 is 0 Å². The van der Waals surface area contributed by atoms with Gasteiger partial charge in [0.25, 0.3) is 0 Å². The van der Waals surface area contributed by atoms with Crippen LogP contribution in [-0.2, 0) is 9.53 Å². The molecular weight excluding hydrogens is 192 g/mol. The maximum absolute atomic E-state index is 11.6. The summed E-state index contributed by atoms with van der Waals surface area (Å²) < 4.78 is 10.3. The lowest BCUT2D eigenvalue weighted by Gasteiger charge is -1.98. The second-order valence-corrected chi connectivity index (χ2v) is 3.63. The van der Waals surface area contributed by atoms with Crippen molar-refractivity contribution in [3.05, 3.63) is 36.8 Å². The molecule has 0 aromatic carbocycles. The van der Waals surface area contributed by atoms with E-state index in [0.717, 1.165) is 5.76 Å². The first-order chi connectivity index (χ1) is 7.29. The highest BCUT2D eigenvalue weighted by Gasteiger charge is 2.56. The Morgan fingerprint density at radius 2 is 2.53 bits per heavy atom. The summed E-state index contributed by atoms with van der Waals surface area (Å²) in [6.45, 7) is 5.96. The van der Waals surface area contributed by atoms with Crippen LogP contribution in [-0.4, -0.2) is 12.6 Å². The zero-order valence-corrected chi connectivity index (χ0v) is 8.68. The van der Waals surface area contributed by atoms with Crippen LogP contribution in [0.25, 0.3) is 0 Å². The monoisotopic (exact) mass is 206 g/mol. The van der Waals surface area contributed by atoms with E-state index in [2.05, 4.69) is 6.58 Å². The van der Waals surface area contributed by atoms with E-state index >= 15 is 0 Å². The van der Waals surface area contributed by atoms with E-state index in [1.54, 1.807) is 12.3 Å². The highest BCUT2D eigenvalue weighted by Crippen LogP contribution is 2.55. The Morgan fingerprint density at radius 3 is 3.07 bits per heavy atom. The molecule has 0 amide bonds. The average molecular weight is 206 g/mol. The Kier molecular flexibility index (Phi) is 2.62. The number of esters is 1. The predicted molar refractivity (Wildman–Crippen MR) is 55.3 cm³/mol. The van der Waals surface area contributed by atoms with Gasteiger partial charge in [0.2, 0.25) is 0 Å². The molecule has 15 heavy (non-hydrogen) atoms. The maximum Gasteiger partial charge on any atom is 0.310 e. The van der Waals surface area contributed by atoms with Crippen LogP contribution in [0.2, 0.25) is 0 Å². The molecule has 0 aliphatic heterocycles. The van der Waals surface area contributed by atoms with Crippen LogP contribution >= 0.6 is 0 Å². The van der Waals surface area contributed by atoms with Crippen LogP contribution in [0.3, 0.4) is 0 Å². The fraction of sp³-hybridized carbons (Fsp3) is 0.417. The fourth-order valence-corrected chi connectivity index (χ4v) is 2.02. The minimum atomic E-state index is -0.149. The molecule has 1 saturated carbocycles. The quantitative estimate of drug-likeness (QED) is 0.560. The van der Waals surface area contributed by atoms with Gasteiger partial charge in [-0.05, 0) is 19.1 Å². The molecule has 0 radical (unpaired) electrons. The Morgan fingerprint density at radius 1 is 1.73 bits per heavy atom. The van der Waals surface area contributed by atoms with Crippen LogP contribution in [0.15, 0.2) is 35.5 Å². The number of allylic oxidation sites excluding steroid dienone is 1. The van der Waals surface area contributed by atoms with E-state index in [4.69, 9.17) is 9.15 Å². The van der Waals surface area contributed by atoms with Gasteiger partial charge in [-0.2, -0.15) is 0 Å². The van der Waals surface area contributed by atoms with Gasteiger partial charge in [0, 0.05) is 11.8 Å². The van der Waals surface area contributed by atoms with Crippen molar-refractivity contribution in [3.63, 3.8) is 0 Å². The van der Waals surface area contributed by atoms with Crippen molar-refractivity contribution < 1.29 is 13.9 Å². The van der Waals surface area contributed by atoms with Gasteiger partial charge in [0.05, 0.1) is 18.8 Å². The number of carbonyl (C=O) groups excluding carboxylic acids is 1. The third kappa shape index (κ3) is 1.69. The SMILES string of the molecule is C=C[C@H]1[C@H](C(=O)OCC)[C@H]1c1ccco1. The molecule has 1 fully saturated rings. The zero-order valence-electron chi connectivity index (χ0n) is 8.68. The maximum atomic E-state index is 11.6. The largest absolute Gasteiger partial charge is 0.469 e. The molecule has 1 aromatic rings. The Bertz CT molecular complexity index is 353. The van der Waals surface area contributed by atoms with Crippen molar-refractivity contribution in [1.82, 2.24) is 0 Å². The first kappa shape index (κ1) is 10.0. The lowest BCUT2D eigenvalue weighted by Crippen LogP contribution is -2.08. The van der Waals surface area contributed by atoms with Crippen LogP contribution in [0.4, 0.5) is 0 Å². The lowest BCUT2D eigenvalue weighted by atomic mass is 10.2. The van der Waals surface area contributed by atoms with Crippen LogP contribution in [0, 0.1) is 11.8 Å². The number of carbonyl (C=O) groups is 1. The van der Waals surface area contributed by atoms with Gasteiger partial charge in [-0.15, -0.1) is 6.58 Å². The van der Waals surface area contributed by atoms with Gasteiger partial charge >= 0.3 is 5.97 Å². The van der Waals surface area contributed by atoms with E-state index in [1.807, 2.05) is 19.1 Å². The zero-order chi connectivity index (χ0) is 10.8. The molecule has 80 valence electrons. The highest BCUT2D eigenvalue weighted by molar-refractivity contribution is 5.78. The van der Waals surface area contributed by atoms with Gasteiger partial charge in [-0.1, -0.05) is 6.08 Å². The summed E-state index contributed by atoms with van der Waals surface area (Å²) in [5, 5.41) is 0. The third-order valence-corrected chi connectivity index (χ3v) is 2.78. The van der Waals surface area contributed by atoms with Crippen LogP contribution in [0.5, 0.6) is 0 Å². The molecule has 3 atom stereocenters. The molecular formula is C12H14O3. The van der Waals surface area contributed by atoms with E-state index in [-0.39, 0.29) is 23.7 Å². The Balaban J connectivity index is 2.09. The number of furan rings is 1. The first-order valence-electron chi connectivity index (χ1n) is 5.12. The van der Waals surface area contributed by atoms with Gasteiger partial charge in [-0.3, -0.25) is 4.79 Å². The molecule has 1 aliphatic carbocycles. The number of hydrogen-bond donors (Lipinski definition) is 0. The lowest BCUT2D eigenvalue weighted by molar-refractivity contribution is -0.145. The van der Waals surface area contributed by atoms with Crippen molar-refractivity contribution in [2.75, 3.05) is 6.61 Å². The smallest absolute Gasteiger partial charge is 0.310 e.